The van der Waals surface area contributed by atoms with Crippen LogP contribution in [0.15, 0.2) is 34.1 Å². The Morgan fingerprint density at radius 3 is 2.82 bits per heavy atom. The molecule has 1 aliphatic rings. The molecule has 2 N–H and O–H groups in total. The molecule has 22 heavy (non-hydrogen) atoms. The third-order valence-corrected chi connectivity index (χ3v) is 3.72. The molecular formula is C14H9F3N2O2S. The lowest BCUT2D eigenvalue weighted by atomic mass is 10.2. The largest absolute Gasteiger partial charge is 0.416 e. The van der Waals surface area contributed by atoms with Gasteiger partial charge in [0.05, 0.1) is 22.7 Å². The van der Waals surface area contributed by atoms with Crippen molar-refractivity contribution in [3.8, 4) is 12.3 Å². The number of benzene rings is 1. The normalized spacial score (nSPS) is 15.7. The van der Waals surface area contributed by atoms with E-state index in [9.17, 15) is 22.8 Å². The summed E-state index contributed by atoms with van der Waals surface area (Å²) in [5.74, 6) is 1.01. The second-order valence-corrected chi connectivity index (χ2v) is 5.28. The average molecular weight is 326 g/mol. The molecule has 0 atom stereocenters. The molecule has 0 fully saturated rings. The molecule has 114 valence electrons. The van der Waals surface area contributed by atoms with Gasteiger partial charge in [-0.3, -0.25) is 9.59 Å². The summed E-state index contributed by atoms with van der Waals surface area (Å²) < 4.78 is 37.9. The van der Waals surface area contributed by atoms with Crippen LogP contribution in [0.3, 0.4) is 0 Å². The SMILES string of the molecule is C#CCNC(=O)/C=C1/Sc2ccc(C(F)(F)F)cc2NC1=O. The number of hydrogen-bond acceptors (Lipinski definition) is 3. The second-order valence-electron chi connectivity index (χ2n) is 4.20. The van der Waals surface area contributed by atoms with Gasteiger partial charge < -0.3 is 10.6 Å². The number of thioether (sulfide) groups is 1. The first-order valence-corrected chi connectivity index (χ1v) is 6.76. The summed E-state index contributed by atoms with van der Waals surface area (Å²) in [4.78, 5) is 23.8. The molecule has 0 aromatic heterocycles. The zero-order valence-electron chi connectivity index (χ0n) is 11.0. The Hall–Kier alpha value is -2.40. The van der Waals surface area contributed by atoms with E-state index in [1.807, 2.05) is 0 Å². The average Bonchev–Trinajstić information content (AvgIpc) is 2.44. The predicted octanol–water partition coefficient (Wildman–Crippen LogP) is 2.38. The van der Waals surface area contributed by atoms with Crippen molar-refractivity contribution in [1.29, 1.82) is 0 Å². The van der Waals surface area contributed by atoms with Gasteiger partial charge in [-0.2, -0.15) is 13.2 Å². The van der Waals surface area contributed by atoms with Crippen molar-refractivity contribution in [3.05, 3.63) is 34.7 Å². The predicted molar refractivity (Wildman–Crippen MR) is 75.9 cm³/mol. The van der Waals surface area contributed by atoms with Gasteiger partial charge in [-0.1, -0.05) is 17.7 Å². The molecule has 8 heteroatoms. The lowest BCUT2D eigenvalue weighted by Crippen LogP contribution is -2.24. The minimum Gasteiger partial charge on any atom is -0.342 e. The summed E-state index contributed by atoms with van der Waals surface area (Å²) in [6.45, 7) is 0.0143. The fourth-order valence-corrected chi connectivity index (χ4v) is 2.55. The van der Waals surface area contributed by atoms with E-state index in [4.69, 9.17) is 6.42 Å². The molecule has 1 aromatic rings. The minimum absolute atomic E-state index is 0.0143. The van der Waals surface area contributed by atoms with Crippen LogP contribution < -0.4 is 10.6 Å². The Labute approximate surface area is 128 Å². The lowest BCUT2D eigenvalue weighted by Gasteiger charge is -2.19. The summed E-state index contributed by atoms with van der Waals surface area (Å²) in [7, 11) is 0. The van der Waals surface area contributed by atoms with Crippen molar-refractivity contribution in [1.82, 2.24) is 5.32 Å². The highest BCUT2D eigenvalue weighted by atomic mass is 32.2. The molecule has 4 nitrogen and oxygen atoms in total. The van der Waals surface area contributed by atoms with E-state index in [1.54, 1.807) is 0 Å². The Kier molecular flexibility index (Phi) is 4.47. The van der Waals surface area contributed by atoms with E-state index in [0.717, 1.165) is 30.0 Å². The maximum atomic E-state index is 12.6. The third kappa shape index (κ3) is 3.62. The van der Waals surface area contributed by atoms with Gasteiger partial charge in [0, 0.05) is 11.0 Å². The van der Waals surface area contributed by atoms with Crippen molar-refractivity contribution >= 4 is 29.3 Å². The van der Waals surface area contributed by atoms with Crippen molar-refractivity contribution in [2.75, 3.05) is 11.9 Å². The second kappa shape index (κ2) is 6.15. The molecule has 0 aliphatic carbocycles. The van der Waals surface area contributed by atoms with Crippen LogP contribution >= 0.6 is 11.8 Å². The Bertz CT molecular complexity index is 705. The van der Waals surface area contributed by atoms with E-state index < -0.39 is 23.6 Å². The number of carbonyl (C=O) groups is 2. The number of fused-ring (bicyclic) bond motifs is 1. The number of alkyl halides is 3. The van der Waals surface area contributed by atoms with E-state index in [2.05, 4.69) is 16.6 Å². The maximum Gasteiger partial charge on any atom is 0.416 e. The van der Waals surface area contributed by atoms with Gasteiger partial charge in [-0.15, -0.1) is 6.42 Å². The molecule has 0 spiro atoms. The number of anilines is 1. The fraction of sp³-hybridized carbons (Fsp3) is 0.143. The summed E-state index contributed by atoms with van der Waals surface area (Å²) in [6, 6.07) is 3.02. The molecule has 0 saturated carbocycles. The van der Waals surface area contributed by atoms with Gasteiger partial charge in [0.1, 0.15) is 0 Å². The van der Waals surface area contributed by atoms with Gasteiger partial charge in [0.25, 0.3) is 5.91 Å². The number of terminal acetylenes is 1. The highest BCUT2D eigenvalue weighted by molar-refractivity contribution is 8.04. The zero-order valence-corrected chi connectivity index (χ0v) is 11.8. The number of rotatable bonds is 2. The number of carbonyl (C=O) groups excluding carboxylic acids is 2. The lowest BCUT2D eigenvalue weighted by molar-refractivity contribution is -0.137. The topological polar surface area (TPSA) is 58.2 Å². The first-order valence-electron chi connectivity index (χ1n) is 5.94. The zero-order chi connectivity index (χ0) is 16.3. The highest BCUT2D eigenvalue weighted by Crippen LogP contribution is 2.41. The van der Waals surface area contributed by atoms with Gasteiger partial charge >= 0.3 is 6.18 Å². The van der Waals surface area contributed by atoms with Crippen LogP contribution in [0.1, 0.15) is 5.56 Å². The molecule has 0 radical (unpaired) electrons. The quantitative estimate of drug-likeness (QED) is 0.648. The molecule has 0 bridgehead atoms. The number of nitrogens with one attached hydrogen (secondary N) is 2. The Morgan fingerprint density at radius 1 is 1.45 bits per heavy atom. The minimum atomic E-state index is -4.49. The standard InChI is InChI=1S/C14H9F3N2O2S/c1-2-5-18-12(20)7-11-13(21)19-9-6-8(14(15,16)17)3-4-10(9)22-11/h1,3-4,6-7H,5H2,(H,18,20)(H,19,21)/b11-7+. The molecule has 2 rings (SSSR count). The first kappa shape index (κ1) is 16.0. The molecule has 2 amide bonds. The number of hydrogen-bond donors (Lipinski definition) is 2. The van der Waals surface area contributed by atoms with Crippen LogP contribution in [-0.2, 0) is 15.8 Å². The Balaban J connectivity index is 2.24. The molecule has 1 aliphatic heterocycles. The first-order chi connectivity index (χ1) is 10.3. The van der Waals surface area contributed by atoms with E-state index >= 15 is 0 Å². The molecular weight excluding hydrogens is 317 g/mol. The summed E-state index contributed by atoms with van der Waals surface area (Å²) in [6.07, 6.45) is 1.55. The van der Waals surface area contributed by atoms with E-state index in [-0.39, 0.29) is 17.1 Å². The fourth-order valence-electron chi connectivity index (χ4n) is 1.64. The number of amides is 2. The van der Waals surface area contributed by atoms with Crippen molar-refractivity contribution < 1.29 is 22.8 Å². The van der Waals surface area contributed by atoms with Crippen LogP contribution in [0.5, 0.6) is 0 Å². The smallest absolute Gasteiger partial charge is 0.342 e. The Morgan fingerprint density at radius 2 is 2.18 bits per heavy atom. The summed E-state index contributed by atoms with van der Waals surface area (Å²) >= 11 is 0.915. The van der Waals surface area contributed by atoms with Crippen LogP contribution in [0.4, 0.5) is 18.9 Å². The van der Waals surface area contributed by atoms with Gasteiger partial charge in [0.15, 0.2) is 0 Å². The van der Waals surface area contributed by atoms with E-state index in [0.29, 0.717) is 4.90 Å². The summed E-state index contributed by atoms with van der Waals surface area (Å²) in [5.41, 5.74) is -0.794. The molecule has 0 unspecified atom stereocenters. The van der Waals surface area contributed by atoms with Crippen LogP contribution in [0.25, 0.3) is 0 Å². The van der Waals surface area contributed by atoms with Gasteiger partial charge in [-0.05, 0) is 18.2 Å². The summed E-state index contributed by atoms with van der Waals surface area (Å²) in [5, 5.41) is 4.70. The van der Waals surface area contributed by atoms with Gasteiger partial charge in [-0.25, -0.2) is 0 Å². The van der Waals surface area contributed by atoms with Crippen LogP contribution in [-0.4, -0.2) is 18.4 Å². The molecule has 0 saturated heterocycles. The van der Waals surface area contributed by atoms with Crippen LogP contribution in [0, 0.1) is 12.3 Å². The monoisotopic (exact) mass is 326 g/mol. The van der Waals surface area contributed by atoms with Crippen molar-refractivity contribution in [2.45, 2.75) is 11.1 Å². The number of halogens is 3. The third-order valence-electron chi connectivity index (χ3n) is 2.63. The van der Waals surface area contributed by atoms with Crippen molar-refractivity contribution in [2.24, 2.45) is 0 Å². The van der Waals surface area contributed by atoms with Gasteiger partial charge in [0.2, 0.25) is 5.91 Å². The van der Waals surface area contributed by atoms with Crippen molar-refractivity contribution in [3.63, 3.8) is 0 Å². The molecule has 1 aromatic carbocycles. The maximum absolute atomic E-state index is 12.6. The molecule has 1 heterocycles. The van der Waals surface area contributed by atoms with Crippen LogP contribution in [0.2, 0.25) is 0 Å². The van der Waals surface area contributed by atoms with E-state index in [1.165, 1.54) is 6.07 Å². The highest BCUT2D eigenvalue weighted by Gasteiger charge is 2.32.